The lowest BCUT2D eigenvalue weighted by molar-refractivity contribution is 0.199. The van der Waals surface area contributed by atoms with Gasteiger partial charge in [0.15, 0.2) is 0 Å². The zero-order valence-corrected chi connectivity index (χ0v) is 8.68. The Hall–Kier alpha value is -2.37. The minimum absolute atomic E-state index is 0.236. The van der Waals surface area contributed by atoms with E-state index < -0.39 is 6.10 Å². The molecule has 0 aromatic heterocycles. The van der Waals surface area contributed by atoms with Crippen molar-refractivity contribution in [3.63, 3.8) is 0 Å². The van der Waals surface area contributed by atoms with E-state index in [1.807, 2.05) is 0 Å². The predicted octanol–water partition coefficient (Wildman–Crippen LogP) is 1.55. The van der Waals surface area contributed by atoms with Crippen molar-refractivity contribution in [3.8, 4) is 12.1 Å². The van der Waals surface area contributed by atoms with Gasteiger partial charge in [-0.2, -0.15) is 15.6 Å². The molecule has 0 saturated heterocycles. The molecule has 16 heavy (non-hydrogen) atoms. The molecule has 0 amide bonds. The highest BCUT2D eigenvalue weighted by Gasteiger charge is 1.99. The van der Waals surface area contributed by atoms with Gasteiger partial charge in [-0.25, -0.2) is 0 Å². The van der Waals surface area contributed by atoms with E-state index in [2.05, 4.69) is 10.5 Å². The van der Waals surface area contributed by atoms with E-state index in [1.165, 1.54) is 0 Å². The van der Waals surface area contributed by atoms with E-state index >= 15 is 0 Å². The third-order valence-electron chi connectivity index (χ3n) is 1.90. The van der Waals surface area contributed by atoms with Gasteiger partial charge in [-0.05, 0) is 24.6 Å². The van der Waals surface area contributed by atoms with Crippen molar-refractivity contribution >= 4 is 11.4 Å². The molecule has 1 unspecified atom stereocenters. The smallest absolute Gasteiger partial charge is 0.237 e. The molecule has 1 rings (SSSR count). The first-order chi connectivity index (χ1) is 7.67. The molecular weight excluding hydrogens is 204 g/mol. The molecule has 80 valence electrons. The molecule has 0 aliphatic rings. The number of anilines is 1. The highest BCUT2D eigenvalue weighted by molar-refractivity contribution is 6.10. The molecule has 0 saturated carbocycles. The van der Waals surface area contributed by atoms with Crippen molar-refractivity contribution in [1.82, 2.24) is 0 Å². The average molecular weight is 214 g/mol. The number of benzene rings is 1. The highest BCUT2D eigenvalue weighted by atomic mass is 16.3. The van der Waals surface area contributed by atoms with Crippen LogP contribution in [0.4, 0.5) is 5.69 Å². The van der Waals surface area contributed by atoms with Crippen molar-refractivity contribution < 1.29 is 5.11 Å². The van der Waals surface area contributed by atoms with Crippen LogP contribution in [0.2, 0.25) is 0 Å². The Balaban J connectivity index is 2.75. The Labute approximate surface area is 93.3 Å². The third-order valence-corrected chi connectivity index (χ3v) is 1.90. The van der Waals surface area contributed by atoms with Gasteiger partial charge in [-0.3, -0.25) is 5.43 Å². The second kappa shape index (κ2) is 5.50. The second-order valence-electron chi connectivity index (χ2n) is 3.09. The van der Waals surface area contributed by atoms with E-state index in [0.29, 0.717) is 5.69 Å². The maximum atomic E-state index is 9.27. The molecule has 1 atom stereocenters. The lowest BCUT2D eigenvalue weighted by atomic mass is 10.1. The summed E-state index contributed by atoms with van der Waals surface area (Å²) in [6.45, 7) is 1.67. The summed E-state index contributed by atoms with van der Waals surface area (Å²) in [4.78, 5) is 0. The van der Waals surface area contributed by atoms with Gasteiger partial charge in [0.2, 0.25) is 5.71 Å². The quantitative estimate of drug-likeness (QED) is 0.589. The SMILES string of the molecule is CC(O)c1ccc(NN=C(C#N)C#N)cc1. The molecule has 0 bridgehead atoms. The Kier molecular flexibility index (Phi) is 4.02. The lowest BCUT2D eigenvalue weighted by Crippen LogP contribution is -1.97. The first-order valence-electron chi connectivity index (χ1n) is 4.59. The van der Waals surface area contributed by atoms with Crippen LogP contribution in [0.15, 0.2) is 29.4 Å². The fraction of sp³-hybridized carbons (Fsp3) is 0.182. The van der Waals surface area contributed by atoms with Gasteiger partial charge in [0, 0.05) is 0 Å². The van der Waals surface area contributed by atoms with Crippen LogP contribution in [0.1, 0.15) is 18.6 Å². The summed E-state index contributed by atoms with van der Waals surface area (Å²) in [5.41, 5.74) is 3.77. The highest BCUT2D eigenvalue weighted by Crippen LogP contribution is 2.15. The Morgan fingerprint density at radius 1 is 1.31 bits per heavy atom. The Morgan fingerprint density at radius 2 is 1.88 bits per heavy atom. The normalized spacial score (nSPS) is 10.8. The summed E-state index contributed by atoms with van der Waals surface area (Å²) < 4.78 is 0. The second-order valence-corrected chi connectivity index (χ2v) is 3.09. The van der Waals surface area contributed by atoms with E-state index in [1.54, 1.807) is 43.3 Å². The van der Waals surface area contributed by atoms with Crippen molar-refractivity contribution in [2.24, 2.45) is 5.10 Å². The number of rotatable bonds is 3. The molecular formula is C11H10N4O. The van der Waals surface area contributed by atoms with Crippen LogP contribution in [0.3, 0.4) is 0 Å². The fourth-order valence-electron chi connectivity index (χ4n) is 1.03. The maximum absolute atomic E-state index is 9.27. The summed E-state index contributed by atoms with van der Waals surface area (Å²) in [6, 6.07) is 10.2. The molecule has 1 aromatic rings. The van der Waals surface area contributed by atoms with Gasteiger partial charge in [0.25, 0.3) is 0 Å². The number of nitrogens with one attached hydrogen (secondary N) is 1. The van der Waals surface area contributed by atoms with Crippen LogP contribution in [-0.4, -0.2) is 10.8 Å². The summed E-state index contributed by atoms with van der Waals surface area (Å²) in [7, 11) is 0. The summed E-state index contributed by atoms with van der Waals surface area (Å²) in [6.07, 6.45) is -0.522. The van der Waals surface area contributed by atoms with Gasteiger partial charge in [0.1, 0.15) is 12.1 Å². The molecule has 2 N–H and O–H groups in total. The summed E-state index contributed by atoms with van der Waals surface area (Å²) >= 11 is 0. The van der Waals surface area contributed by atoms with Crippen LogP contribution in [-0.2, 0) is 0 Å². The van der Waals surface area contributed by atoms with Gasteiger partial charge in [-0.1, -0.05) is 12.1 Å². The minimum Gasteiger partial charge on any atom is -0.389 e. The number of hydrazone groups is 1. The average Bonchev–Trinajstić information content (AvgIpc) is 2.31. The standard InChI is InChI=1S/C11H10N4O/c1-8(16)9-2-4-10(5-3-9)14-15-11(6-12)7-13/h2-5,8,14,16H,1H3. The van der Waals surface area contributed by atoms with Crippen LogP contribution in [0, 0.1) is 22.7 Å². The van der Waals surface area contributed by atoms with Crippen LogP contribution < -0.4 is 5.43 Å². The number of nitriles is 2. The number of nitrogens with zero attached hydrogens (tertiary/aromatic N) is 3. The van der Waals surface area contributed by atoms with Crippen molar-refractivity contribution in [2.75, 3.05) is 5.43 Å². The zero-order chi connectivity index (χ0) is 12.0. The molecule has 5 heteroatoms. The molecule has 1 aromatic carbocycles. The van der Waals surface area contributed by atoms with Gasteiger partial charge in [-0.15, -0.1) is 0 Å². The van der Waals surface area contributed by atoms with Gasteiger partial charge < -0.3 is 5.11 Å². The number of hydrogen-bond acceptors (Lipinski definition) is 5. The van der Waals surface area contributed by atoms with Crippen LogP contribution in [0.5, 0.6) is 0 Å². The van der Waals surface area contributed by atoms with Crippen LogP contribution in [0.25, 0.3) is 0 Å². The number of hydrogen-bond donors (Lipinski definition) is 2. The molecule has 5 nitrogen and oxygen atoms in total. The molecule has 0 aliphatic heterocycles. The van der Waals surface area contributed by atoms with Gasteiger partial charge in [0.05, 0.1) is 11.8 Å². The molecule has 0 aliphatic carbocycles. The topological polar surface area (TPSA) is 92.2 Å². The monoisotopic (exact) mass is 214 g/mol. The molecule has 0 spiro atoms. The summed E-state index contributed by atoms with van der Waals surface area (Å²) in [5.74, 6) is 0. The zero-order valence-electron chi connectivity index (χ0n) is 8.68. The van der Waals surface area contributed by atoms with E-state index in [0.717, 1.165) is 5.56 Å². The van der Waals surface area contributed by atoms with E-state index in [4.69, 9.17) is 10.5 Å². The predicted molar refractivity (Wildman–Crippen MR) is 59.4 cm³/mol. The van der Waals surface area contributed by atoms with Crippen molar-refractivity contribution in [2.45, 2.75) is 13.0 Å². The largest absolute Gasteiger partial charge is 0.389 e. The number of aliphatic hydroxyl groups is 1. The van der Waals surface area contributed by atoms with E-state index in [9.17, 15) is 5.11 Å². The first kappa shape index (κ1) is 11.7. The third kappa shape index (κ3) is 3.09. The summed E-state index contributed by atoms with van der Waals surface area (Å²) in [5, 5.41) is 29.8. The Bertz CT molecular complexity index is 446. The Morgan fingerprint density at radius 3 is 2.31 bits per heavy atom. The molecule has 0 heterocycles. The molecule has 0 radical (unpaired) electrons. The maximum Gasteiger partial charge on any atom is 0.237 e. The van der Waals surface area contributed by atoms with Crippen molar-refractivity contribution in [1.29, 1.82) is 10.5 Å². The first-order valence-corrected chi connectivity index (χ1v) is 4.59. The molecule has 0 fully saturated rings. The lowest BCUT2D eigenvalue weighted by Gasteiger charge is -2.05. The van der Waals surface area contributed by atoms with Gasteiger partial charge >= 0.3 is 0 Å². The van der Waals surface area contributed by atoms with Crippen molar-refractivity contribution in [3.05, 3.63) is 29.8 Å². The fourth-order valence-corrected chi connectivity index (χ4v) is 1.03. The minimum atomic E-state index is -0.522. The number of aliphatic hydroxyl groups excluding tert-OH is 1. The van der Waals surface area contributed by atoms with Crippen LogP contribution >= 0.6 is 0 Å². The van der Waals surface area contributed by atoms with E-state index in [-0.39, 0.29) is 5.71 Å².